The summed E-state index contributed by atoms with van der Waals surface area (Å²) in [4.78, 5) is 0. The van der Waals surface area contributed by atoms with Crippen LogP contribution >= 0.6 is 0 Å². The van der Waals surface area contributed by atoms with Gasteiger partial charge in [-0.2, -0.15) is 0 Å². The van der Waals surface area contributed by atoms with Gasteiger partial charge < -0.3 is 0 Å². The summed E-state index contributed by atoms with van der Waals surface area (Å²) in [6, 6.07) is 34.3. The van der Waals surface area contributed by atoms with Crippen molar-refractivity contribution in [2.75, 3.05) is 0 Å². The number of hydrogen-bond acceptors (Lipinski definition) is 0. The molecule has 0 saturated carbocycles. The van der Waals surface area contributed by atoms with E-state index in [4.69, 9.17) is 0 Å². The van der Waals surface area contributed by atoms with Crippen molar-refractivity contribution in [2.24, 2.45) is 5.92 Å². The average Bonchev–Trinajstić information content (AvgIpc) is 2.70. The molecule has 0 spiro atoms. The third kappa shape index (κ3) is 3.52. The van der Waals surface area contributed by atoms with E-state index in [2.05, 4.69) is 111 Å². The molecule has 136 valence electrons. The van der Waals surface area contributed by atoms with Crippen LogP contribution in [-0.4, -0.2) is 18.4 Å². The molecule has 0 N–H and O–H groups in total. The number of allylic oxidation sites excluding steroid dienone is 2. The van der Waals surface area contributed by atoms with Crippen LogP contribution in [0.4, 0.5) is 0 Å². The molecule has 0 aromatic heterocycles. The number of benzene rings is 3. The zero-order valence-electron chi connectivity index (χ0n) is 16.3. The van der Waals surface area contributed by atoms with Gasteiger partial charge in [-0.1, -0.05) is 0 Å². The molecule has 0 heterocycles. The quantitative estimate of drug-likeness (QED) is 0.385. The fraction of sp³-hybridized carbons (Fsp3) is 0.231. The minimum atomic E-state index is -3.22. The predicted molar refractivity (Wildman–Crippen MR) is 120 cm³/mol. The van der Waals surface area contributed by atoms with Gasteiger partial charge in [0.05, 0.1) is 0 Å². The Hall–Kier alpha value is -1.80. The number of hydrogen-bond donors (Lipinski definition) is 0. The Kier molecular flexibility index (Phi) is 5.54. The molecule has 1 aliphatic carbocycles. The van der Waals surface area contributed by atoms with Gasteiger partial charge in [0.1, 0.15) is 0 Å². The van der Waals surface area contributed by atoms with Crippen molar-refractivity contribution >= 4 is 29.1 Å². The summed E-state index contributed by atoms with van der Waals surface area (Å²) < 4.78 is 5.42. The second-order valence-electron chi connectivity index (χ2n) is 8.07. The molecule has 0 nitrogen and oxygen atoms in total. The van der Waals surface area contributed by atoms with E-state index in [1.54, 1.807) is 16.3 Å². The molecule has 1 heteroatoms. The fourth-order valence-corrected chi connectivity index (χ4v) is 21.4. The summed E-state index contributed by atoms with van der Waals surface area (Å²) in [6.45, 7) is 4.77. The van der Waals surface area contributed by atoms with E-state index < -0.39 is 18.4 Å². The van der Waals surface area contributed by atoms with Crippen molar-refractivity contribution in [2.45, 2.75) is 30.6 Å². The Bertz CT molecular complexity index is 800. The van der Waals surface area contributed by atoms with Crippen molar-refractivity contribution in [1.29, 1.82) is 0 Å². The Morgan fingerprint density at radius 3 is 1.44 bits per heavy atom. The standard InChI is InChI=1S/C8H13.3C6H5.Sn/c1-7-4-3-5-8(2)6-7;3*1-2-4-6-5-3-1;/h3-4,8H,5-6H2,1-2H3;3*1-5H;/t8-;;;;/m0..../s1. The predicted octanol–water partition coefficient (Wildman–Crippen LogP) is 4.90. The van der Waals surface area contributed by atoms with Gasteiger partial charge in [-0.15, -0.1) is 0 Å². The second kappa shape index (κ2) is 8.06. The first-order valence-corrected chi connectivity index (χ1v) is 16.0. The molecule has 0 unspecified atom stereocenters. The molecule has 4 rings (SSSR count). The van der Waals surface area contributed by atoms with Gasteiger partial charge in [-0.05, 0) is 0 Å². The van der Waals surface area contributed by atoms with E-state index in [0.717, 1.165) is 5.92 Å². The summed E-state index contributed by atoms with van der Waals surface area (Å²) in [5.41, 5.74) is 1.57. The van der Waals surface area contributed by atoms with Crippen LogP contribution < -0.4 is 10.7 Å². The van der Waals surface area contributed by atoms with Gasteiger partial charge in [0.15, 0.2) is 0 Å². The Morgan fingerprint density at radius 1 is 0.667 bits per heavy atom. The Morgan fingerprint density at radius 2 is 1.07 bits per heavy atom. The molecule has 0 aliphatic heterocycles. The van der Waals surface area contributed by atoms with Gasteiger partial charge in [0.2, 0.25) is 0 Å². The Balaban J connectivity index is 2.05. The summed E-state index contributed by atoms with van der Waals surface area (Å²) in [6.07, 6.45) is 5.19. The second-order valence-corrected chi connectivity index (χ2v) is 19.7. The van der Waals surface area contributed by atoms with Crippen molar-refractivity contribution < 1.29 is 0 Å². The van der Waals surface area contributed by atoms with E-state index in [9.17, 15) is 0 Å². The topological polar surface area (TPSA) is 0 Å². The van der Waals surface area contributed by atoms with E-state index >= 15 is 0 Å². The normalized spacial score (nSPS) is 20.1. The van der Waals surface area contributed by atoms with Crippen LogP contribution in [0.3, 0.4) is 0 Å². The average molecular weight is 459 g/mol. The monoisotopic (exact) mass is 460 g/mol. The van der Waals surface area contributed by atoms with Gasteiger partial charge in [0.25, 0.3) is 0 Å². The van der Waals surface area contributed by atoms with Gasteiger partial charge in [-0.25, -0.2) is 0 Å². The number of rotatable bonds is 4. The van der Waals surface area contributed by atoms with Crippen molar-refractivity contribution in [1.82, 2.24) is 0 Å². The molecule has 0 fully saturated rings. The third-order valence-electron chi connectivity index (χ3n) is 6.06. The van der Waals surface area contributed by atoms with Crippen LogP contribution in [0.5, 0.6) is 0 Å². The maximum absolute atomic E-state index is 3.22. The van der Waals surface area contributed by atoms with Gasteiger partial charge in [-0.3, -0.25) is 0 Å². The summed E-state index contributed by atoms with van der Waals surface area (Å²) in [5.74, 6) is 0.757. The summed E-state index contributed by atoms with van der Waals surface area (Å²) >= 11 is -3.22. The summed E-state index contributed by atoms with van der Waals surface area (Å²) in [7, 11) is 0. The van der Waals surface area contributed by atoms with E-state index in [-0.39, 0.29) is 0 Å². The van der Waals surface area contributed by atoms with Crippen molar-refractivity contribution in [3.05, 3.63) is 103 Å². The van der Waals surface area contributed by atoms with E-state index in [0.29, 0.717) is 3.93 Å². The van der Waals surface area contributed by atoms with Crippen LogP contribution in [0.25, 0.3) is 0 Å². The minimum absolute atomic E-state index is 0.648. The van der Waals surface area contributed by atoms with Crippen LogP contribution in [0.15, 0.2) is 103 Å². The summed E-state index contributed by atoms with van der Waals surface area (Å²) in [5, 5.41) is 0. The van der Waals surface area contributed by atoms with E-state index in [1.807, 2.05) is 0 Å². The van der Waals surface area contributed by atoms with Crippen LogP contribution in [0, 0.1) is 5.92 Å². The molecule has 2 atom stereocenters. The molecule has 1 aliphatic rings. The molecular formula is C26H28Sn. The van der Waals surface area contributed by atoms with E-state index in [1.165, 1.54) is 12.8 Å². The molecule has 3 aromatic carbocycles. The molecule has 27 heavy (non-hydrogen) atoms. The molecule has 0 radical (unpaired) electrons. The Labute approximate surface area is 167 Å². The zero-order valence-corrected chi connectivity index (χ0v) is 19.2. The first kappa shape index (κ1) is 18.6. The molecule has 0 saturated heterocycles. The van der Waals surface area contributed by atoms with Crippen LogP contribution in [0.2, 0.25) is 3.93 Å². The molecular weight excluding hydrogens is 431 g/mol. The van der Waals surface area contributed by atoms with Gasteiger partial charge >= 0.3 is 168 Å². The fourth-order valence-electron chi connectivity index (χ4n) is 5.09. The first-order chi connectivity index (χ1) is 13.2. The van der Waals surface area contributed by atoms with Crippen molar-refractivity contribution in [3.8, 4) is 0 Å². The van der Waals surface area contributed by atoms with Crippen molar-refractivity contribution in [3.63, 3.8) is 0 Å². The SMILES string of the molecule is CC1=C[C@H]([Sn]([c]2ccccc2)([c]2ccccc2)[c]2ccccc2)C[C@H](C)C1. The molecule has 0 amide bonds. The van der Waals surface area contributed by atoms with Crippen LogP contribution in [-0.2, 0) is 0 Å². The maximum atomic E-state index is 2.64. The first-order valence-electron chi connectivity index (χ1n) is 10.0. The molecule has 0 bridgehead atoms. The molecule has 3 aromatic rings. The van der Waals surface area contributed by atoms with Gasteiger partial charge in [0, 0.05) is 0 Å². The third-order valence-corrected chi connectivity index (χ3v) is 21.0. The zero-order chi connectivity index (χ0) is 18.7. The van der Waals surface area contributed by atoms with Crippen LogP contribution in [0.1, 0.15) is 26.7 Å².